The predicted octanol–water partition coefficient (Wildman–Crippen LogP) is 2.44. The number of benzene rings is 1. The second-order valence-corrected chi connectivity index (χ2v) is 4.71. The van der Waals surface area contributed by atoms with Crippen molar-refractivity contribution in [3.05, 3.63) is 35.6 Å². The summed E-state index contributed by atoms with van der Waals surface area (Å²) < 4.78 is 18.4. The summed E-state index contributed by atoms with van der Waals surface area (Å²) in [5, 5.41) is 18.6. The van der Waals surface area contributed by atoms with Gasteiger partial charge in [-0.15, -0.1) is 0 Å². The Balaban J connectivity index is 2.77. The van der Waals surface area contributed by atoms with E-state index in [2.05, 4.69) is 6.07 Å². The molecule has 0 radical (unpaired) electrons. The largest absolute Gasteiger partial charge is 0.391 e. The molecule has 0 bridgehead atoms. The zero-order chi connectivity index (χ0) is 13.8. The first-order valence-corrected chi connectivity index (χ1v) is 5.88. The quantitative estimate of drug-likeness (QED) is 0.874. The molecule has 1 N–H and O–H groups in total. The fraction of sp³-hybridized carbons (Fsp3) is 0.500. The van der Waals surface area contributed by atoms with Crippen LogP contribution in [0.1, 0.15) is 26.3 Å². The molecule has 3 atom stereocenters. The lowest BCUT2D eigenvalue weighted by molar-refractivity contribution is -0.0868. The van der Waals surface area contributed by atoms with Crippen LogP contribution in [0.2, 0.25) is 0 Å². The number of aliphatic hydroxyl groups is 1. The summed E-state index contributed by atoms with van der Waals surface area (Å²) in [6.07, 6.45) is -0.734. The van der Waals surface area contributed by atoms with Gasteiger partial charge in [-0.1, -0.05) is 12.1 Å². The van der Waals surface area contributed by atoms with Gasteiger partial charge < -0.3 is 9.84 Å². The molecular formula is C14H18FNO2. The first kappa shape index (κ1) is 14.6. The molecule has 18 heavy (non-hydrogen) atoms. The lowest BCUT2D eigenvalue weighted by Crippen LogP contribution is -2.37. The van der Waals surface area contributed by atoms with Crippen LogP contribution in [0.15, 0.2) is 24.3 Å². The summed E-state index contributed by atoms with van der Waals surface area (Å²) in [5.74, 6) is -0.310. The summed E-state index contributed by atoms with van der Waals surface area (Å²) in [4.78, 5) is 0. The Hall–Kier alpha value is -1.44. The molecule has 3 nitrogen and oxygen atoms in total. The minimum absolute atomic E-state index is 0.310. The van der Waals surface area contributed by atoms with Gasteiger partial charge in [0.1, 0.15) is 5.82 Å². The highest BCUT2D eigenvalue weighted by atomic mass is 19.1. The Labute approximate surface area is 107 Å². The molecule has 1 aromatic rings. The maximum absolute atomic E-state index is 12.8. The minimum atomic E-state index is -1.03. The molecule has 0 aliphatic rings. The van der Waals surface area contributed by atoms with Crippen molar-refractivity contribution < 1.29 is 14.2 Å². The zero-order valence-corrected chi connectivity index (χ0v) is 10.9. The van der Waals surface area contributed by atoms with E-state index in [-0.39, 0.29) is 5.82 Å². The zero-order valence-electron chi connectivity index (χ0n) is 10.9. The van der Waals surface area contributed by atoms with E-state index in [9.17, 15) is 14.8 Å². The third-order valence-corrected chi connectivity index (χ3v) is 2.82. The first-order valence-electron chi connectivity index (χ1n) is 5.88. The minimum Gasteiger partial charge on any atom is -0.391 e. The van der Waals surface area contributed by atoms with Crippen LogP contribution in [0.5, 0.6) is 0 Å². The molecule has 1 rings (SSSR count). The average Bonchev–Trinajstić information content (AvgIpc) is 2.32. The van der Waals surface area contributed by atoms with Gasteiger partial charge in [0.05, 0.1) is 18.3 Å². The maximum atomic E-state index is 12.8. The Morgan fingerprint density at radius 1 is 1.39 bits per heavy atom. The van der Waals surface area contributed by atoms with E-state index < -0.39 is 17.8 Å². The maximum Gasteiger partial charge on any atom is 0.155 e. The Morgan fingerprint density at radius 2 is 1.94 bits per heavy atom. The van der Waals surface area contributed by atoms with Gasteiger partial charge in [-0.3, -0.25) is 0 Å². The molecule has 0 fully saturated rings. The van der Waals surface area contributed by atoms with Gasteiger partial charge in [-0.2, -0.15) is 5.26 Å². The van der Waals surface area contributed by atoms with Crippen LogP contribution in [0.25, 0.3) is 0 Å². The molecular weight excluding hydrogens is 233 g/mol. The lowest BCUT2D eigenvalue weighted by Gasteiger charge is -2.28. The Kier molecular flexibility index (Phi) is 4.83. The molecule has 0 saturated heterocycles. The number of aliphatic hydroxyl groups excluding tert-OH is 1. The fourth-order valence-corrected chi connectivity index (χ4v) is 1.61. The van der Waals surface area contributed by atoms with Crippen molar-refractivity contribution in [2.24, 2.45) is 0 Å². The van der Waals surface area contributed by atoms with Crippen LogP contribution in [0.3, 0.4) is 0 Å². The number of rotatable bonds is 5. The van der Waals surface area contributed by atoms with Crippen LogP contribution in [0, 0.1) is 17.1 Å². The van der Waals surface area contributed by atoms with E-state index in [4.69, 9.17) is 4.74 Å². The summed E-state index contributed by atoms with van der Waals surface area (Å²) in [6.45, 7) is 4.99. The number of nitrogens with zero attached hydrogens (tertiary/aromatic N) is 1. The third kappa shape index (κ3) is 4.10. The number of hydrogen-bond acceptors (Lipinski definition) is 3. The van der Waals surface area contributed by atoms with Gasteiger partial charge in [0.25, 0.3) is 0 Å². The average molecular weight is 251 g/mol. The number of halogens is 1. The second kappa shape index (κ2) is 5.94. The van der Waals surface area contributed by atoms with Crippen LogP contribution < -0.4 is 0 Å². The molecule has 0 amide bonds. The van der Waals surface area contributed by atoms with E-state index in [1.54, 1.807) is 32.9 Å². The second-order valence-electron chi connectivity index (χ2n) is 4.71. The standard InChI is InChI=1S/C14H18FNO2/c1-10(17)11(2)18-14(3,9-16)8-12-4-6-13(15)7-5-12/h4-7,10-11,17H,8H2,1-3H3. The fourth-order valence-electron chi connectivity index (χ4n) is 1.61. The Bertz CT molecular complexity index is 424. The van der Waals surface area contributed by atoms with Gasteiger partial charge in [0, 0.05) is 6.42 Å². The van der Waals surface area contributed by atoms with Crippen molar-refractivity contribution in [3.8, 4) is 6.07 Å². The van der Waals surface area contributed by atoms with Gasteiger partial charge in [-0.25, -0.2) is 4.39 Å². The molecule has 1 aromatic carbocycles. The van der Waals surface area contributed by atoms with Gasteiger partial charge in [-0.05, 0) is 38.5 Å². The number of nitriles is 1. The molecule has 98 valence electrons. The number of hydrogen-bond donors (Lipinski definition) is 1. The Morgan fingerprint density at radius 3 is 2.39 bits per heavy atom. The summed E-state index contributed by atoms with van der Waals surface area (Å²) >= 11 is 0. The van der Waals surface area contributed by atoms with Gasteiger partial charge in [0.15, 0.2) is 5.60 Å². The first-order chi connectivity index (χ1) is 8.36. The van der Waals surface area contributed by atoms with Crippen LogP contribution >= 0.6 is 0 Å². The van der Waals surface area contributed by atoms with Crippen LogP contribution in [-0.2, 0) is 11.2 Å². The molecule has 4 heteroatoms. The highest BCUT2D eigenvalue weighted by Gasteiger charge is 2.29. The van der Waals surface area contributed by atoms with Crippen LogP contribution in [0.4, 0.5) is 4.39 Å². The molecule has 0 spiro atoms. The molecule has 0 aromatic heterocycles. The molecule has 3 unspecified atom stereocenters. The molecule has 0 aliphatic carbocycles. The van der Waals surface area contributed by atoms with E-state index >= 15 is 0 Å². The molecule has 0 heterocycles. The van der Waals surface area contributed by atoms with Gasteiger partial charge in [0.2, 0.25) is 0 Å². The van der Waals surface area contributed by atoms with Crippen molar-refractivity contribution in [2.75, 3.05) is 0 Å². The molecule has 0 aliphatic heterocycles. The monoisotopic (exact) mass is 251 g/mol. The van der Waals surface area contributed by atoms with Gasteiger partial charge >= 0.3 is 0 Å². The highest BCUT2D eigenvalue weighted by Crippen LogP contribution is 2.20. The van der Waals surface area contributed by atoms with E-state index in [1.165, 1.54) is 12.1 Å². The van der Waals surface area contributed by atoms with E-state index in [0.29, 0.717) is 6.42 Å². The van der Waals surface area contributed by atoms with E-state index in [1.807, 2.05) is 0 Å². The normalized spacial score (nSPS) is 17.6. The summed E-state index contributed by atoms with van der Waals surface area (Å²) in [7, 11) is 0. The van der Waals surface area contributed by atoms with Crippen molar-refractivity contribution in [3.63, 3.8) is 0 Å². The molecule has 0 saturated carbocycles. The SMILES string of the molecule is CC(O)C(C)OC(C)(C#N)Cc1ccc(F)cc1. The third-order valence-electron chi connectivity index (χ3n) is 2.82. The van der Waals surface area contributed by atoms with Crippen LogP contribution in [-0.4, -0.2) is 22.9 Å². The topological polar surface area (TPSA) is 53.2 Å². The van der Waals surface area contributed by atoms with E-state index in [0.717, 1.165) is 5.56 Å². The van der Waals surface area contributed by atoms with Crippen molar-refractivity contribution in [1.29, 1.82) is 5.26 Å². The lowest BCUT2D eigenvalue weighted by atomic mass is 9.97. The summed E-state index contributed by atoms with van der Waals surface area (Å²) in [5.41, 5.74) is -0.216. The summed E-state index contributed by atoms with van der Waals surface area (Å²) in [6, 6.07) is 8.06. The van der Waals surface area contributed by atoms with Crippen molar-refractivity contribution in [1.82, 2.24) is 0 Å². The predicted molar refractivity (Wildman–Crippen MR) is 66.3 cm³/mol. The van der Waals surface area contributed by atoms with Crippen molar-refractivity contribution in [2.45, 2.75) is 45.0 Å². The number of ether oxygens (including phenoxy) is 1. The smallest absolute Gasteiger partial charge is 0.155 e. The highest BCUT2D eigenvalue weighted by molar-refractivity contribution is 5.20. The van der Waals surface area contributed by atoms with Crippen molar-refractivity contribution >= 4 is 0 Å².